The second-order valence-electron chi connectivity index (χ2n) is 5.03. The highest BCUT2D eigenvalue weighted by atomic mass is 19.1. The maximum atomic E-state index is 13.0. The number of allylic oxidation sites excluding steroid dienone is 1. The zero-order valence-corrected chi connectivity index (χ0v) is 11.3. The molecule has 1 fully saturated rings. The molecule has 1 aliphatic rings. The monoisotopic (exact) mass is 261 g/mol. The van der Waals surface area contributed by atoms with Crippen molar-refractivity contribution in [3.8, 4) is 0 Å². The van der Waals surface area contributed by atoms with Gasteiger partial charge in [-0.2, -0.15) is 0 Å². The molecule has 1 aliphatic heterocycles. The number of nitrogens with zero attached hydrogens (tertiary/aromatic N) is 1. The molecule has 1 amide bonds. The third-order valence-electron chi connectivity index (χ3n) is 3.63. The SMILES string of the molecule is C/C=C/C(=O)N1CCCCC(c2ccc(F)cc2)C1. The number of likely N-dealkylation sites (tertiary alicyclic amines) is 1. The topological polar surface area (TPSA) is 20.3 Å². The van der Waals surface area contributed by atoms with E-state index in [0.29, 0.717) is 5.92 Å². The minimum absolute atomic E-state index is 0.0801. The molecule has 102 valence electrons. The van der Waals surface area contributed by atoms with E-state index in [1.54, 1.807) is 12.2 Å². The summed E-state index contributed by atoms with van der Waals surface area (Å²) in [6.07, 6.45) is 6.61. The highest BCUT2D eigenvalue weighted by molar-refractivity contribution is 5.87. The molecule has 1 heterocycles. The molecule has 19 heavy (non-hydrogen) atoms. The molecule has 1 unspecified atom stereocenters. The first kappa shape index (κ1) is 13.8. The lowest BCUT2D eigenvalue weighted by atomic mass is 9.94. The van der Waals surface area contributed by atoms with Gasteiger partial charge in [0.25, 0.3) is 0 Å². The van der Waals surface area contributed by atoms with Gasteiger partial charge in [-0.15, -0.1) is 0 Å². The van der Waals surface area contributed by atoms with Gasteiger partial charge in [-0.25, -0.2) is 4.39 Å². The number of hydrogen-bond donors (Lipinski definition) is 0. The van der Waals surface area contributed by atoms with Crippen LogP contribution in [-0.4, -0.2) is 23.9 Å². The van der Waals surface area contributed by atoms with Crippen LogP contribution in [0.4, 0.5) is 4.39 Å². The summed E-state index contributed by atoms with van der Waals surface area (Å²) in [5, 5.41) is 0. The van der Waals surface area contributed by atoms with Crippen molar-refractivity contribution in [3.05, 3.63) is 47.8 Å². The van der Waals surface area contributed by atoms with Crippen molar-refractivity contribution < 1.29 is 9.18 Å². The summed E-state index contributed by atoms with van der Waals surface area (Å²) >= 11 is 0. The molecule has 1 aromatic rings. The second kappa shape index (κ2) is 6.50. The van der Waals surface area contributed by atoms with Crippen LogP contribution in [0.25, 0.3) is 0 Å². The lowest BCUT2D eigenvalue weighted by Gasteiger charge is -2.23. The summed E-state index contributed by atoms with van der Waals surface area (Å²) < 4.78 is 13.0. The summed E-state index contributed by atoms with van der Waals surface area (Å²) in [6.45, 7) is 3.41. The largest absolute Gasteiger partial charge is 0.339 e. The Morgan fingerprint density at radius 3 is 2.74 bits per heavy atom. The number of amides is 1. The lowest BCUT2D eigenvalue weighted by molar-refractivity contribution is -0.126. The Morgan fingerprint density at radius 1 is 1.32 bits per heavy atom. The first-order chi connectivity index (χ1) is 9.20. The van der Waals surface area contributed by atoms with Crippen LogP contribution in [-0.2, 0) is 4.79 Å². The van der Waals surface area contributed by atoms with Crippen LogP contribution in [0, 0.1) is 5.82 Å². The predicted octanol–water partition coefficient (Wildman–Crippen LogP) is 3.50. The van der Waals surface area contributed by atoms with Gasteiger partial charge in [-0.05, 0) is 43.5 Å². The Bertz CT molecular complexity index is 452. The zero-order chi connectivity index (χ0) is 13.7. The third-order valence-corrected chi connectivity index (χ3v) is 3.63. The first-order valence-corrected chi connectivity index (χ1v) is 6.88. The van der Waals surface area contributed by atoms with Crippen molar-refractivity contribution in [1.82, 2.24) is 4.90 Å². The van der Waals surface area contributed by atoms with Crippen molar-refractivity contribution in [2.45, 2.75) is 32.1 Å². The molecule has 2 nitrogen and oxygen atoms in total. The molecular formula is C16H20FNO. The minimum Gasteiger partial charge on any atom is -0.339 e. The molecule has 0 bridgehead atoms. The maximum absolute atomic E-state index is 13.0. The van der Waals surface area contributed by atoms with Gasteiger partial charge in [0.05, 0.1) is 0 Å². The summed E-state index contributed by atoms with van der Waals surface area (Å²) in [5.41, 5.74) is 1.13. The predicted molar refractivity (Wildman–Crippen MR) is 74.4 cm³/mol. The van der Waals surface area contributed by atoms with E-state index >= 15 is 0 Å². The molecular weight excluding hydrogens is 241 g/mol. The van der Waals surface area contributed by atoms with Crippen LogP contribution in [0.5, 0.6) is 0 Å². The first-order valence-electron chi connectivity index (χ1n) is 6.88. The molecule has 1 atom stereocenters. The van der Waals surface area contributed by atoms with E-state index in [1.807, 2.05) is 24.0 Å². The van der Waals surface area contributed by atoms with E-state index in [1.165, 1.54) is 12.1 Å². The third kappa shape index (κ3) is 3.66. The Morgan fingerprint density at radius 2 is 2.05 bits per heavy atom. The van der Waals surface area contributed by atoms with Crippen LogP contribution < -0.4 is 0 Å². The standard InChI is InChI=1S/C16H20FNO/c1-2-5-16(19)18-11-4-3-6-14(12-18)13-7-9-15(17)10-8-13/h2,5,7-10,14H,3-4,6,11-12H2,1H3/b5-2+. The number of benzene rings is 1. The number of carbonyl (C=O) groups is 1. The van der Waals surface area contributed by atoms with Crippen molar-refractivity contribution in [1.29, 1.82) is 0 Å². The van der Waals surface area contributed by atoms with Crippen LogP contribution in [0.1, 0.15) is 37.7 Å². The van der Waals surface area contributed by atoms with E-state index in [-0.39, 0.29) is 11.7 Å². The van der Waals surface area contributed by atoms with Crippen LogP contribution >= 0.6 is 0 Å². The van der Waals surface area contributed by atoms with Crippen molar-refractivity contribution in [3.63, 3.8) is 0 Å². The molecule has 1 aromatic carbocycles. The fraction of sp³-hybridized carbons (Fsp3) is 0.438. The van der Waals surface area contributed by atoms with Gasteiger partial charge in [-0.3, -0.25) is 4.79 Å². The molecule has 3 heteroatoms. The Hall–Kier alpha value is -1.64. The summed E-state index contributed by atoms with van der Waals surface area (Å²) in [6, 6.07) is 6.67. The maximum Gasteiger partial charge on any atom is 0.246 e. The molecule has 0 aromatic heterocycles. The normalized spacial score (nSPS) is 20.5. The molecule has 1 saturated heterocycles. The molecule has 0 saturated carbocycles. The van der Waals surface area contributed by atoms with Gasteiger partial charge in [0.2, 0.25) is 5.91 Å². The number of rotatable bonds is 2. The molecule has 2 rings (SSSR count). The molecule has 0 radical (unpaired) electrons. The summed E-state index contributed by atoms with van der Waals surface area (Å²) in [7, 11) is 0. The number of hydrogen-bond acceptors (Lipinski definition) is 1. The average molecular weight is 261 g/mol. The number of halogens is 1. The van der Waals surface area contributed by atoms with E-state index in [0.717, 1.165) is 37.9 Å². The molecule has 0 spiro atoms. The van der Waals surface area contributed by atoms with Gasteiger partial charge in [0, 0.05) is 19.0 Å². The molecule has 0 aliphatic carbocycles. The van der Waals surface area contributed by atoms with Gasteiger partial charge >= 0.3 is 0 Å². The van der Waals surface area contributed by atoms with E-state index in [2.05, 4.69) is 0 Å². The van der Waals surface area contributed by atoms with Crippen LogP contribution in [0.3, 0.4) is 0 Å². The fourth-order valence-corrected chi connectivity index (χ4v) is 2.60. The van der Waals surface area contributed by atoms with E-state index < -0.39 is 0 Å². The van der Waals surface area contributed by atoms with Gasteiger partial charge in [-0.1, -0.05) is 24.6 Å². The van der Waals surface area contributed by atoms with Crippen molar-refractivity contribution in [2.75, 3.05) is 13.1 Å². The quantitative estimate of drug-likeness (QED) is 0.746. The Labute approximate surface area is 113 Å². The van der Waals surface area contributed by atoms with Gasteiger partial charge < -0.3 is 4.90 Å². The zero-order valence-electron chi connectivity index (χ0n) is 11.3. The highest BCUT2D eigenvalue weighted by Gasteiger charge is 2.21. The molecule has 0 N–H and O–H groups in total. The van der Waals surface area contributed by atoms with E-state index in [4.69, 9.17) is 0 Å². The Balaban J connectivity index is 2.12. The van der Waals surface area contributed by atoms with Gasteiger partial charge in [0.1, 0.15) is 5.82 Å². The summed E-state index contributed by atoms with van der Waals surface area (Å²) in [4.78, 5) is 13.9. The van der Waals surface area contributed by atoms with Gasteiger partial charge in [0.15, 0.2) is 0 Å². The van der Waals surface area contributed by atoms with E-state index in [9.17, 15) is 9.18 Å². The Kier molecular flexibility index (Phi) is 4.72. The average Bonchev–Trinajstić information content (AvgIpc) is 2.66. The lowest BCUT2D eigenvalue weighted by Crippen LogP contribution is -2.32. The minimum atomic E-state index is -0.209. The second-order valence-corrected chi connectivity index (χ2v) is 5.03. The highest BCUT2D eigenvalue weighted by Crippen LogP contribution is 2.26. The van der Waals surface area contributed by atoms with Crippen LogP contribution in [0.15, 0.2) is 36.4 Å². The van der Waals surface area contributed by atoms with Crippen LogP contribution in [0.2, 0.25) is 0 Å². The fourth-order valence-electron chi connectivity index (χ4n) is 2.60. The van der Waals surface area contributed by atoms with Crippen molar-refractivity contribution in [2.24, 2.45) is 0 Å². The van der Waals surface area contributed by atoms with Crippen molar-refractivity contribution >= 4 is 5.91 Å². The smallest absolute Gasteiger partial charge is 0.246 e. The summed E-state index contributed by atoms with van der Waals surface area (Å²) in [5.74, 6) is 0.188. The number of carbonyl (C=O) groups excluding carboxylic acids is 1.